The van der Waals surface area contributed by atoms with E-state index in [0.717, 1.165) is 0 Å². The number of benzene rings is 2. The Bertz CT molecular complexity index is 1320. The number of aromatic amines is 1. The molecule has 9 nitrogen and oxygen atoms in total. The molecule has 32 heavy (non-hydrogen) atoms. The predicted octanol–water partition coefficient (Wildman–Crippen LogP) is 3.27. The average molecular weight is 472 g/mol. The molecule has 1 amide bonds. The molecular formula is C21H19Cl2N7O2. The van der Waals surface area contributed by atoms with Crippen LogP contribution in [0, 0.1) is 0 Å². The first-order valence-corrected chi connectivity index (χ1v) is 10.5. The summed E-state index contributed by atoms with van der Waals surface area (Å²) in [6.45, 7) is 2.85. The van der Waals surface area contributed by atoms with Crippen LogP contribution >= 0.6 is 23.2 Å². The van der Waals surface area contributed by atoms with Gasteiger partial charge in [-0.2, -0.15) is 5.10 Å². The topological polar surface area (TPSA) is 109 Å². The van der Waals surface area contributed by atoms with Gasteiger partial charge in [-0.1, -0.05) is 30.1 Å². The fraction of sp³-hybridized carbons (Fsp3) is 0.190. The Hall–Kier alpha value is -3.27. The lowest BCUT2D eigenvalue weighted by Crippen LogP contribution is -2.34. The minimum Gasteiger partial charge on any atom is -0.323 e. The van der Waals surface area contributed by atoms with Crippen LogP contribution in [-0.4, -0.2) is 48.6 Å². The maximum atomic E-state index is 12.8. The van der Waals surface area contributed by atoms with Crippen LogP contribution in [0.15, 0.2) is 53.8 Å². The van der Waals surface area contributed by atoms with Gasteiger partial charge < -0.3 is 10.3 Å². The molecule has 2 heterocycles. The molecule has 0 aliphatic carbocycles. The second-order valence-electron chi connectivity index (χ2n) is 7.03. The summed E-state index contributed by atoms with van der Waals surface area (Å²) in [5, 5.41) is 8.42. The van der Waals surface area contributed by atoms with E-state index in [1.54, 1.807) is 41.1 Å². The van der Waals surface area contributed by atoms with Gasteiger partial charge in [0.2, 0.25) is 5.91 Å². The first-order chi connectivity index (χ1) is 15.4. The molecule has 0 spiro atoms. The van der Waals surface area contributed by atoms with Crippen molar-refractivity contribution in [2.75, 3.05) is 18.4 Å². The Morgan fingerprint density at radius 3 is 2.72 bits per heavy atom. The molecule has 11 heteroatoms. The van der Waals surface area contributed by atoms with Crippen molar-refractivity contribution in [2.24, 2.45) is 0 Å². The van der Waals surface area contributed by atoms with E-state index < -0.39 is 0 Å². The summed E-state index contributed by atoms with van der Waals surface area (Å²) in [5.41, 5.74) is 1.41. The van der Waals surface area contributed by atoms with E-state index in [0.29, 0.717) is 44.7 Å². The minimum absolute atomic E-state index is 0.0805. The Kier molecular flexibility index (Phi) is 6.50. The summed E-state index contributed by atoms with van der Waals surface area (Å²) in [4.78, 5) is 38.2. The van der Waals surface area contributed by atoms with E-state index in [1.165, 1.54) is 12.7 Å². The highest BCUT2D eigenvalue weighted by molar-refractivity contribution is 6.31. The van der Waals surface area contributed by atoms with Gasteiger partial charge >= 0.3 is 0 Å². The van der Waals surface area contributed by atoms with Crippen molar-refractivity contribution in [3.63, 3.8) is 0 Å². The van der Waals surface area contributed by atoms with E-state index in [2.05, 4.69) is 25.4 Å². The minimum atomic E-state index is -0.251. The third-order valence-electron chi connectivity index (χ3n) is 4.80. The lowest BCUT2D eigenvalue weighted by Gasteiger charge is -2.20. The smallest absolute Gasteiger partial charge is 0.258 e. The van der Waals surface area contributed by atoms with Gasteiger partial charge in [0.05, 0.1) is 35.4 Å². The first kappa shape index (κ1) is 21.9. The molecule has 164 valence electrons. The number of amides is 1. The Labute approximate surface area is 193 Å². The van der Waals surface area contributed by atoms with E-state index in [-0.39, 0.29) is 24.6 Å². The number of halogens is 2. The summed E-state index contributed by atoms with van der Waals surface area (Å²) in [7, 11) is 0. The number of carbonyl (C=O) groups is 1. The highest BCUT2D eigenvalue weighted by Crippen LogP contribution is 2.24. The number of rotatable bonds is 7. The molecule has 2 aromatic carbocycles. The zero-order chi connectivity index (χ0) is 22.7. The second kappa shape index (κ2) is 9.47. The standard InChI is InChI=1S/C21H19Cl2N7O2/c1-2-29(9-19-26-16-7-13(22)3-5-15(16)21(32)28-19)10-20(31)27-17-8-14(23)4-6-18(17)30-12-24-11-25-30/h3-8,11-12H,2,9-10H2,1H3,(H,27,31)(H,26,28,32). The van der Waals surface area contributed by atoms with E-state index in [4.69, 9.17) is 23.2 Å². The number of H-pyrrole nitrogens is 1. The van der Waals surface area contributed by atoms with Crippen LogP contribution in [0.5, 0.6) is 0 Å². The number of fused-ring (bicyclic) bond motifs is 1. The molecular weight excluding hydrogens is 453 g/mol. The number of nitrogens with zero attached hydrogens (tertiary/aromatic N) is 5. The average Bonchev–Trinajstić information content (AvgIpc) is 3.27. The van der Waals surface area contributed by atoms with Gasteiger partial charge in [-0.3, -0.25) is 14.5 Å². The third kappa shape index (κ3) is 4.96. The summed E-state index contributed by atoms with van der Waals surface area (Å²) >= 11 is 12.1. The normalized spacial score (nSPS) is 11.2. The van der Waals surface area contributed by atoms with E-state index in [1.807, 2.05) is 11.8 Å². The lowest BCUT2D eigenvalue weighted by atomic mass is 10.2. The predicted molar refractivity (Wildman–Crippen MR) is 123 cm³/mol. The zero-order valence-electron chi connectivity index (χ0n) is 17.0. The maximum Gasteiger partial charge on any atom is 0.258 e. The summed E-state index contributed by atoms with van der Waals surface area (Å²) in [5.74, 6) is 0.201. The van der Waals surface area contributed by atoms with Crippen molar-refractivity contribution < 1.29 is 4.79 Å². The number of carbonyl (C=O) groups excluding carboxylic acids is 1. The van der Waals surface area contributed by atoms with Gasteiger partial charge in [-0.05, 0) is 42.9 Å². The summed E-state index contributed by atoms with van der Waals surface area (Å²) in [6.07, 6.45) is 2.94. The van der Waals surface area contributed by atoms with Gasteiger partial charge in [0, 0.05) is 10.0 Å². The second-order valence-corrected chi connectivity index (χ2v) is 7.90. The van der Waals surface area contributed by atoms with Crippen molar-refractivity contribution in [3.05, 3.63) is 75.3 Å². The molecule has 0 saturated carbocycles. The van der Waals surface area contributed by atoms with Crippen LogP contribution in [0.2, 0.25) is 10.0 Å². The van der Waals surface area contributed by atoms with E-state index >= 15 is 0 Å². The van der Waals surface area contributed by atoms with Crippen LogP contribution in [0.4, 0.5) is 5.69 Å². The van der Waals surface area contributed by atoms with Crippen molar-refractivity contribution in [1.82, 2.24) is 29.6 Å². The van der Waals surface area contributed by atoms with Crippen molar-refractivity contribution >= 4 is 45.7 Å². The molecule has 0 aliphatic heterocycles. The molecule has 0 bridgehead atoms. The van der Waals surface area contributed by atoms with Crippen molar-refractivity contribution in [1.29, 1.82) is 0 Å². The van der Waals surface area contributed by atoms with Gasteiger partial charge in [0.1, 0.15) is 18.5 Å². The fourth-order valence-electron chi connectivity index (χ4n) is 3.26. The van der Waals surface area contributed by atoms with Gasteiger partial charge in [-0.15, -0.1) is 0 Å². The number of aromatic nitrogens is 5. The number of hydrogen-bond donors (Lipinski definition) is 2. The molecule has 0 unspecified atom stereocenters. The SMILES string of the molecule is CCN(CC(=O)Nc1cc(Cl)ccc1-n1cncn1)Cc1nc2cc(Cl)ccc2c(=O)[nH]1. The Morgan fingerprint density at radius 2 is 1.97 bits per heavy atom. The van der Waals surface area contributed by atoms with Crippen LogP contribution < -0.4 is 10.9 Å². The van der Waals surface area contributed by atoms with Crippen LogP contribution in [0.3, 0.4) is 0 Å². The highest BCUT2D eigenvalue weighted by atomic mass is 35.5. The van der Waals surface area contributed by atoms with Crippen LogP contribution in [-0.2, 0) is 11.3 Å². The Morgan fingerprint density at radius 1 is 1.19 bits per heavy atom. The lowest BCUT2D eigenvalue weighted by molar-refractivity contribution is -0.117. The first-order valence-electron chi connectivity index (χ1n) is 9.78. The molecule has 2 N–H and O–H groups in total. The third-order valence-corrected chi connectivity index (χ3v) is 5.27. The quantitative estimate of drug-likeness (QED) is 0.428. The Balaban J connectivity index is 1.50. The summed E-state index contributed by atoms with van der Waals surface area (Å²) < 4.78 is 1.54. The van der Waals surface area contributed by atoms with Crippen LogP contribution in [0.25, 0.3) is 16.6 Å². The molecule has 4 rings (SSSR count). The summed E-state index contributed by atoms with van der Waals surface area (Å²) in [6, 6.07) is 10.0. The zero-order valence-corrected chi connectivity index (χ0v) is 18.6. The highest BCUT2D eigenvalue weighted by Gasteiger charge is 2.15. The monoisotopic (exact) mass is 471 g/mol. The van der Waals surface area contributed by atoms with Gasteiger partial charge in [0.15, 0.2) is 0 Å². The molecule has 0 radical (unpaired) electrons. The van der Waals surface area contributed by atoms with Crippen molar-refractivity contribution in [3.8, 4) is 5.69 Å². The number of anilines is 1. The number of hydrogen-bond acceptors (Lipinski definition) is 6. The van der Waals surface area contributed by atoms with Gasteiger partial charge in [-0.25, -0.2) is 14.6 Å². The largest absolute Gasteiger partial charge is 0.323 e. The van der Waals surface area contributed by atoms with E-state index in [9.17, 15) is 9.59 Å². The van der Waals surface area contributed by atoms with Crippen LogP contribution in [0.1, 0.15) is 12.7 Å². The molecule has 0 atom stereocenters. The van der Waals surface area contributed by atoms with Crippen molar-refractivity contribution in [2.45, 2.75) is 13.5 Å². The molecule has 4 aromatic rings. The molecule has 0 aliphatic rings. The molecule has 0 fully saturated rings. The van der Waals surface area contributed by atoms with Gasteiger partial charge in [0.25, 0.3) is 5.56 Å². The number of nitrogens with one attached hydrogen (secondary N) is 2. The number of likely N-dealkylation sites (N-methyl/N-ethyl adjacent to an activating group) is 1. The molecule has 0 saturated heterocycles. The maximum absolute atomic E-state index is 12.8. The molecule has 2 aromatic heterocycles. The fourth-order valence-corrected chi connectivity index (χ4v) is 3.60.